The Morgan fingerprint density at radius 3 is 2.27 bits per heavy atom. The molecule has 1 amide bonds. The second kappa shape index (κ2) is 12.4. The molecule has 1 fully saturated rings. The molecule has 0 radical (unpaired) electrons. The SMILES string of the molecule is CO[C@H](C(=O)N1[C@H](c2cccnc2N(C)C)[C@H](Nc2cc(C(F)(F)F)cc(C)n2)[C@@H](C(C)(C)C)[C@@H]1C(=O)O)c1ccccc1. The molecule has 236 valence electrons. The summed E-state index contributed by atoms with van der Waals surface area (Å²) >= 11 is 0. The van der Waals surface area contributed by atoms with E-state index in [9.17, 15) is 27.9 Å². The molecule has 0 spiro atoms. The van der Waals surface area contributed by atoms with Crippen LogP contribution in [0.2, 0.25) is 0 Å². The van der Waals surface area contributed by atoms with E-state index in [0.717, 1.165) is 12.1 Å². The van der Waals surface area contributed by atoms with Crippen LogP contribution >= 0.6 is 0 Å². The van der Waals surface area contributed by atoms with Gasteiger partial charge in [0.05, 0.1) is 17.6 Å². The van der Waals surface area contributed by atoms with E-state index in [2.05, 4.69) is 15.3 Å². The van der Waals surface area contributed by atoms with Gasteiger partial charge < -0.3 is 25.0 Å². The number of halogens is 3. The van der Waals surface area contributed by atoms with Crippen molar-refractivity contribution in [2.75, 3.05) is 31.4 Å². The zero-order chi connectivity index (χ0) is 32.6. The molecule has 3 aromatic rings. The molecule has 0 saturated carbocycles. The van der Waals surface area contributed by atoms with Crippen molar-refractivity contribution in [1.29, 1.82) is 0 Å². The zero-order valence-electron chi connectivity index (χ0n) is 25.8. The number of amides is 1. The predicted octanol–water partition coefficient (Wildman–Crippen LogP) is 5.74. The molecule has 1 aromatic carbocycles. The molecular weight excluding hydrogens is 575 g/mol. The van der Waals surface area contributed by atoms with Gasteiger partial charge in [-0.15, -0.1) is 0 Å². The topological polar surface area (TPSA) is 108 Å². The Morgan fingerprint density at radius 2 is 1.73 bits per heavy atom. The first kappa shape index (κ1) is 32.7. The average molecular weight is 614 g/mol. The van der Waals surface area contributed by atoms with Gasteiger partial charge in [-0.1, -0.05) is 57.2 Å². The van der Waals surface area contributed by atoms with E-state index in [0.29, 0.717) is 16.9 Å². The Bertz CT molecular complexity index is 1490. The summed E-state index contributed by atoms with van der Waals surface area (Å²) in [5.41, 5.74) is -0.462. The highest BCUT2D eigenvalue weighted by molar-refractivity contribution is 5.89. The van der Waals surface area contributed by atoms with Crippen LogP contribution in [0.1, 0.15) is 55.3 Å². The minimum Gasteiger partial charge on any atom is -0.480 e. The van der Waals surface area contributed by atoms with Crippen molar-refractivity contribution in [3.8, 4) is 0 Å². The van der Waals surface area contributed by atoms with Crippen molar-refractivity contribution >= 4 is 23.5 Å². The van der Waals surface area contributed by atoms with Crippen LogP contribution in [0.4, 0.5) is 24.8 Å². The maximum absolute atomic E-state index is 14.6. The first-order valence-corrected chi connectivity index (χ1v) is 14.1. The number of methoxy groups -OCH3 is 1. The van der Waals surface area contributed by atoms with Gasteiger partial charge in [0.1, 0.15) is 17.7 Å². The molecule has 3 heterocycles. The highest BCUT2D eigenvalue weighted by atomic mass is 19.4. The molecule has 1 saturated heterocycles. The normalized spacial score (nSPS) is 21.2. The molecule has 2 aromatic heterocycles. The maximum atomic E-state index is 14.6. The van der Waals surface area contributed by atoms with Crippen molar-refractivity contribution in [2.24, 2.45) is 11.3 Å². The fourth-order valence-electron chi connectivity index (χ4n) is 6.22. The van der Waals surface area contributed by atoms with Crippen LogP contribution in [0.15, 0.2) is 60.8 Å². The summed E-state index contributed by atoms with van der Waals surface area (Å²) in [6, 6.07) is 10.7. The maximum Gasteiger partial charge on any atom is 0.416 e. The number of carboxylic acid groups (broad SMARTS) is 1. The van der Waals surface area contributed by atoms with Crippen molar-refractivity contribution in [3.63, 3.8) is 0 Å². The van der Waals surface area contributed by atoms with Gasteiger partial charge >= 0.3 is 12.1 Å². The second-order valence-corrected chi connectivity index (χ2v) is 12.3. The molecule has 44 heavy (non-hydrogen) atoms. The number of nitrogens with zero attached hydrogens (tertiary/aromatic N) is 4. The number of likely N-dealkylation sites (tertiary alicyclic amines) is 1. The molecule has 9 nitrogen and oxygen atoms in total. The van der Waals surface area contributed by atoms with Crippen LogP contribution in [0, 0.1) is 18.3 Å². The lowest BCUT2D eigenvalue weighted by Gasteiger charge is -2.35. The van der Waals surface area contributed by atoms with Crippen molar-refractivity contribution in [2.45, 2.75) is 58.1 Å². The summed E-state index contributed by atoms with van der Waals surface area (Å²) in [6.45, 7) is 7.00. The second-order valence-electron chi connectivity index (χ2n) is 12.3. The quantitative estimate of drug-likeness (QED) is 0.332. The number of alkyl halides is 3. The van der Waals surface area contributed by atoms with E-state index >= 15 is 0 Å². The third kappa shape index (κ3) is 6.50. The van der Waals surface area contributed by atoms with E-state index in [1.54, 1.807) is 67.7 Å². The number of aromatic nitrogens is 2. The number of hydrogen-bond acceptors (Lipinski definition) is 7. The van der Waals surface area contributed by atoms with Crippen LogP contribution in [0.5, 0.6) is 0 Å². The lowest BCUT2D eigenvalue weighted by molar-refractivity contribution is -0.157. The number of anilines is 2. The number of pyridine rings is 2. The smallest absolute Gasteiger partial charge is 0.416 e. The summed E-state index contributed by atoms with van der Waals surface area (Å²) in [7, 11) is 4.91. The largest absolute Gasteiger partial charge is 0.480 e. The molecule has 5 atom stereocenters. The van der Waals surface area contributed by atoms with E-state index in [1.807, 2.05) is 20.8 Å². The summed E-state index contributed by atoms with van der Waals surface area (Å²) < 4.78 is 47.1. The molecule has 2 N–H and O–H groups in total. The number of benzene rings is 1. The zero-order valence-corrected chi connectivity index (χ0v) is 25.8. The Kier molecular flexibility index (Phi) is 9.24. The first-order valence-electron chi connectivity index (χ1n) is 14.1. The lowest BCUT2D eigenvalue weighted by Crippen LogP contribution is -2.48. The Hall–Kier alpha value is -4.19. The third-order valence-corrected chi connectivity index (χ3v) is 7.89. The number of hydrogen-bond donors (Lipinski definition) is 2. The van der Waals surface area contributed by atoms with Gasteiger partial charge in [0.25, 0.3) is 5.91 Å². The molecule has 1 aliphatic heterocycles. The molecule has 12 heteroatoms. The number of aryl methyl sites for hydroxylation is 1. The summed E-state index contributed by atoms with van der Waals surface area (Å²) in [6.07, 6.45) is -4.19. The van der Waals surface area contributed by atoms with E-state index in [4.69, 9.17) is 4.74 Å². The van der Waals surface area contributed by atoms with Gasteiger partial charge in [-0.3, -0.25) is 4.79 Å². The highest BCUT2D eigenvalue weighted by Crippen LogP contribution is 2.51. The summed E-state index contributed by atoms with van der Waals surface area (Å²) in [4.78, 5) is 39.7. The van der Waals surface area contributed by atoms with Crippen LogP contribution in [-0.2, 0) is 20.5 Å². The third-order valence-electron chi connectivity index (χ3n) is 7.89. The van der Waals surface area contributed by atoms with Crippen LogP contribution in [0.25, 0.3) is 0 Å². The van der Waals surface area contributed by atoms with Gasteiger partial charge in [-0.25, -0.2) is 14.8 Å². The van der Waals surface area contributed by atoms with Gasteiger partial charge in [0.2, 0.25) is 0 Å². The summed E-state index contributed by atoms with van der Waals surface area (Å²) in [5, 5.41) is 13.9. The van der Waals surface area contributed by atoms with Gasteiger partial charge in [-0.2, -0.15) is 13.2 Å². The number of aliphatic carboxylic acids is 1. The average Bonchev–Trinajstić information content (AvgIpc) is 3.28. The number of carbonyl (C=O) groups excluding carboxylic acids is 1. The Morgan fingerprint density at radius 1 is 1.07 bits per heavy atom. The van der Waals surface area contributed by atoms with Gasteiger partial charge in [-0.05, 0) is 36.1 Å². The highest BCUT2D eigenvalue weighted by Gasteiger charge is 2.59. The van der Waals surface area contributed by atoms with Gasteiger partial charge in [0.15, 0.2) is 6.10 Å². The lowest BCUT2D eigenvalue weighted by atomic mass is 9.72. The minimum atomic E-state index is -4.63. The minimum absolute atomic E-state index is 0.0818. The van der Waals surface area contributed by atoms with Crippen molar-refractivity contribution in [1.82, 2.24) is 14.9 Å². The fourth-order valence-corrected chi connectivity index (χ4v) is 6.22. The van der Waals surface area contributed by atoms with Crippen LogP contribution in [0.3, 0.4) is 0 Å². The standard InChI is InChI=1S/C32H38F3N5O4/c1-18-16-20(32(33,34)35)17-22(37-18)38-24-23(31(2,3)4)26(30(42)43)40(25(24)21-14-11-15-36-28(21)39(5)6)29(41)27(44-7)19-12-9-8-10-13-19/h8-17,23-27H,1-7H3,(H,37,38)(H,42,43)/t23-,24-,25-,26-,27+/m1/s1. The van der Waals surface area contributed by atoms with Crippen molar-refractivity contribution in [3.05, 3.63) is 83.2 Å². The van der Waals surface area contributed by atoms with Crippen LogP contribution in [-0.4, -0.2) is 65.1 Å². The Balaban J connectivity index is 2.00. The fraction of sp³-hybridized carbons (Fsp3) is 0.438. The molecule has 0 aliphatic carbocycles. The van der Waals surface area contributed by atoms with E-state index in [1.165, 1.54) is 18.9 Å². The molecule has 0 unspecified atom stereocenters. The number of nitrogens with one attached hydrogen (secondary N) is 1. The summed E-state index contributed by atoms with van der Waals surface area (Å²) in [5.74, 6) is -2.26. The monoisotopic (exact) mass is 613 g/mol. The molecular formula is C32H38F3N5O4. The molecule has 4 rings (SSSR count). The Labute approximate surface area is 255 Å². The van der Waals surface area contributed by atoms with E-state index in [-0.39, 0.29) is 11.5 Å². The number of carbonyl (C=O) groups is 2. The predicted molar refractivity (Wildman–Crippen MR) is 160 cm³/mol. The number of rotatable bonds is 8. The van der Waals surface area contributed by atoms with Gasteiger partial charge in [0, 0.05) is 44.6 Å². The van der Waals surface area contributed by atoms with Crippen molar-refractivity contribution < 1.29 is 32.6 Å². The number of ether oxygens (including phenoxy) is 1. The number of carboxylic acids is 1. The first-order chi connectivity index (χ1) is 20.6. The molecule has 1 aliphatic rings. The van der Waals surface area contributed by atoms with Crippen LogP contribution < -0.4 is 10.2 Å². The van der Waals surface area contributed by atoms with E-state index < -0.39 is 59.2 Å². The molecule has 0 bridgehead atoms.